The van der Waals surface area contributed by atoms with E-state index in [1.54, 1.807) is 13.0 Å². The number of allylic oxidation sites excluding steroid dienone is 1. The molecule has 0 amide bonds. The van der Waals surface area contributed by atoms with Crippen molar-refractivity contribution >= 4 is 27.9 Å². The van der Waals surface area contributed by atoms with Crippen molar-refractivity contribution in [3.8, 4) is 0 Å². The minimum absolute atomic E-state index is 0.00866. The van der Waals surface area contributed by atoms with E-state index in [0.717, 1.165) is 0 Å². The Labute approximate surface area is 96.7 Å². The Kier molecular flexibility index (Phi) is 3.90. The molecule has 2 atom stereocenters. The number of esters is 2. The number of hydrogen-bond donors (Lipinski definition) is 0. The summed E-state index contributed by atoms with van der Waals surface area (Å²) in [5, 5.41) is 0. The monoisotopic (exact) mass is 276 g/mol. The van der Waals surface area contributed by atoms with Gasteiger partial charge in [-0.05, 0) is 13.3 Å². The van der Waals surface area contributed by atoms with Crippen LogP contribution in [0.2, 0.25) is 0 Å². The van der Waals surface area contributed by atoms with Gasteiger partial charge in [0.05, 0.1) is 13.7 Å². The molecule has 0 spiro atoms. The number of carbonyl (C=O) groups is 2. The SMILES string of the molecule is CCOC(=O)/C=C\[C@@H]1C[C@@]1(Br)C(=O)OC. The second-order valence-electron chi connectivity index (χ2n) is 3.28. The Balaban J connectivity index is 2.44. The summed E-state index contributed by atoms with van der Waals surface area (Å²) in [5.74, 6) is -0.681. The fraction of sp³-hybridized carbons (Fsp3) is 0.600. The molecule has 15 heavy (non-hydrogen) atoms. The largest absolute Gasteiger partial charge is 0.468 e. The molecule has 0 aliphatic heterocycles. The van der Waals surface area contributed by atoms with Gasteiger partial charge in [-0.15, -0.1) is 0 Å². The fourth-order valence-corrected chi connectivity index (χ4v) is 1.93. The van der Waals surface area contributed by atoms with Gasteiger partial charge in [-0.2, -0.15) is 0 Å². The van der Waals surface area contributed by atoms with Crippen LogP contribution >= 0.6 is 15.9 Å². The van der Waals surface area contributed by atoms with E-state index in [2.05, 4.69) is 20.7 Å². The lowest BCUT2D eigenvalue weighted by Crippen LogP contribution is -2.18. The van der Waals surface area contributed by atoms with Crippen molar-refractivity contribution < 1.29 is 19.1 Å². The Hall–Kier alpha value is -0.840. The van der Waals surface area contributed by atoms with Crippen LogP contribution in [0, 0.1) is 5.92 Å². The molecule has 0 saturated heterocycles. The summed E-state index contributed by atoms with van der Waals surface area (Å²) in [7, 11) is 1.34. The number of carbonyl (C=O) groups excluding carboxylic acids is 2. The minimum atomic E-state index is -0.634. The molecular weight excluding hydrogens is 264 g/mol. The number of hydrogen-bond acceptors (Lipinski definition) is 4. The molecule has 0 aromatic carbocycles. The van der Waals surface area contributed by atoms with Gasteiger partial charge in [0.15, 0.2) is 0 Å². The second kappa shape index (κ2) is 4.79. The van der Waals surface area contributed by atoms with Gasteiger partial charge in [-0.3, -0.25) is 4.79 Å². The van der Waals surface area contributed by atoms with E-state index in [4.69, 9.17) is 4.74 Å². The molecule has 5 heteroatoms. The predicted octanol–water partition coefficient (Wildman–Crippen LogP) is 1.43. The van der Waals surface area contributed by atoms with Crippen LogP contribution < -0.4 is 0 Å². The Bertz CT molecular complexity index is 300. The summed E-state index contributed by atoms with van der Waals surface area (Å²) in [6.07, 6.45) is 3.67. The van der Waals surface area contributed by atoms with Crippen molar-refractivity contribution in [2.75, 3.05) is 13.7 Å². The van der Waals surface area contributed by atoms with Crippen molar-refractivity contribution in [3.63, 3.8) is 0 Å². The van der Waals surface area contributed by atoms with Crippen LogP contribution in [0.5, 0.6) is 0 Å². The highest BCUT2D eigenvalue weighted by Crippen LogP contribution is 2.52. The standard InChI is InChI=1S/C10H13BrO4/c1-3-15-8(12)5-4-7-6-10(7,11)9(13)14-2/h4-5,7H,3,6H2,1-2H3/b5-4-/t7-,10+/m1/s1. The van der Waals surface area contributed by atoms with Crippen molar-refractivity contribution in [1.82, 2.24) is 0 Å². The maximum atomic E-state index is 11.3. The molecule has 1 rings (SSSR count). The van der Waals surface area contributed by atoms with Crippen LogP contribution in [0.1, 0.15) is 13.3 Å². The maximum Gasteiger partial charge on any atom is 0.330 e. The zero-order valence-corrected chi connectivity index (χ0v) is 10.2. The lowest BCUT2D eigenvalue weighted by molar-refractivity contribution is -0.141. The summed E-state index contributed by atoms with van der Waals surface area (Å²) in [6.45, 7) is 2.09. The van der Waals surface area contributed by atoms with Gasteiger partial charge in [0.2, 0.25) is 0 Å². The zero-order chi connectivity index (χ0) is 11.5. The first kappa shape index (κ1) is 12.2. The van der Waals surface area contributed by atoms with Crippen LogP contribution in [0.3, 0.4) is 0 Å². The van der Waals surface area contributed by atoms with Crippen molar-refractivity contribution in [2.45, 2.75) is 17.7 Å². The first-order chi connectivity index (χ1) is 7.04. The first-order valence-electron chi connectivity index (χ1n) is 4.67. The third-order valence-electron chi connectivity index (χ3n) is 2.22. The van der Waals surface area contributed by atoms with Crippen molar-refractivity contribution in [2.24, 2.45) is 5.92 Å². The van der Waals surface area contributed by atoms with Crippen LogP contribution in [-0.2, 0) is 19.1 Å². The van der Waals surface area contributed by atoms with Gasteiger partial charge in [-0.25, -0.2) is 4.79 Å². The van der Waals surface area contributed by atoms with Crippen LogP contribution in [-0.4, -0.2) is 30.0 Å². The Morgan fingerprint density at radius 1 is 1.60 bits per heavy atom. The van der Waals surface area contributed by atoms with Gasteiger partial charge >= 0.3 is 11.9 Å². The van der Waals surface area contributed by atoms with E-state index in [-0.39, 0.29) is 17.9 Å². The topological polar surface area (TPSA) is 52.6 Å². The maximum absolute atomic E-state index is 11.3. The smallest absolute Gasteiger partial charge is 0.330 e. The highest BCUT2D eigenvalue weighted by Gasteiger charge is 2.58. The fourth-order valence-electron chi connectivity index (χ4n) is 1.27. The molecule has 0 unspecified atom stereocenters. The van der Waals surface area contributed by atoms with E-state index < -0.39 is 4.32 Å². The third kappa shape index (κ3) is 2.81. The zero-order valence-electron chi connectivity index (χ0n) is 8.66. The molecule has 84 valence electrons. The minimum Gasteiger partial charge on any atom is -0.468 e. The molecule has 0 aromatic heterocycles. The third-order valence-corrected chi connectivity index (χ3v) is 3.46. The number of rotatable bonds is 4. The molecule has 1 fully saturated rings. The van der Waals surface area contributed by atoms with Crippen LogP contribution in [0.4, 0.5) is 0 Å². The highest BCUT2D eigenvalue weighted by atomic mass is 79.9. The summed E-state index contributed by atoms with van der Waals surface area (Å²) in [6, 6.07) is 0. The molecular formula is C10H13BrO4. The Morgan fingerprint density at radius 3 is 2.80 bits per heavy atom. The summed E-state index contributed by atoms with van der Waals surface area (Å²) in [5.41, 5.74) is 0. The predicted molar refractivity (Wildman–Crippen MR) is 57.6 cm³/mol. The first-order valence-corrected chi connectivity index (χ1v) is 5.46. The van der Waals surface area contributed by atoms with Gasteiger partial charge in [-0.1, -0.05) is 22.0 Å². The van der Waals surface area contributed by atoms with E-state index in [9.17, 15) is 9.59 Å². The van der Waals surface area contributed by atoms with Crippen LogP contribution in [0.15, 0.2) is 12.2 Å². The van der Waals surface area contributed by atoms with Gasteiger partial charge < -0.3 is 9.47 Å². The lowest BCUT2D eigenvalue weighted by Gasteiger charge is -2.03. The average molecular weight is 277 g/mol. The van der Waals surface area contributed by atoms with E-state index in [0.29, 0.717) is 13.0 Å². The highest BCUT2D eigenvalue weighted by molar-refractivity contribution is 9.10. The lowest BCUT2D eigenvalue weighted by atomic mass is 10.3. The second-order valence-corrected chi connectivity index (χ2v) is 4.69. The van der Waals surface area contributed by atoms with Crippen molar-refractivity contribution in [1.29, 1.82) is 0 Å². The summed E-state index contributed by atoms with van der Waals surface area (Å²) < 4.78 is 8.71. The number of ether oxygens (including phenoxy) is 2. The molecule has 1 aliphatic rings. The Morgan fingerprint density at radius 2 is 2.27 bits per heavy atom. The van der Waals surface area contributed by atoms with Gasteiger partial charge in [0.1, 0.15) is 4.32 Å². The van der Waals surface area contributed by atoms with E-state index in [1.165, 1.54) is 13.2 Å². The average Bonchev–Trinajstić information content (AvgIpc) is 2.87. The number of alkyl halides is 1. The molecule has 0 N–H and O–H groups in total. The molecule has 0 radical (unpaired) electrons. The normalized spacial score (nSPS) is 28.9. The van der Waals surface area contributed by atoms with Crippen LogP contribution in [0.25, 0.3) is 0 Å². The van der Waals surface area contributed by atoms with Crippen molar-refractivity contribution in [3.05, 3.63) is 12.2 Å². The quantitative estimate of drug-likeness (QED) is 0.443. The summed E-state index contributed by atoms with van der Waals surface area (Å²) >= 11 is 3.29. The van der Waals surface area contributed by atoms with E-state index in [1.807, 2.05) is 0 Å². The molecule has 0 bridgehead atoms. The van der Waals surface area contributed by atoms with E-state index >= 15 is 0 Å². The number of halogens is 1. The molecule has 1 aliphatic carbocycles. The molecule has 0 heterocycles. The molecule has 0 aromatic rings. The van der Waals surface area contributed by atoms with Gasteiger partial charge in [0, 0.05) is 12.0 Å². The summed E-state index contributed by atoms with van der Waals surface area (Å²) in [4.78, 5) is 22.2. The molecule has 1 saturated carbocycles. The van der Waals surface area contributed by atoms with Gasteiger partial charge in [0.25, 0.3) is 0 Å². The number of methoxy groups -OCH3 is 1. The molecule has 4 nitrogen and oxygen atoms in total.